The summed E-state index contributed by atoms with van der Waals surface area (Å²) in [5.74, 6) is 1.07. The maximum atomic E-state index is 13.1. The van der Waals surface area contributed by atoms with Crippen molar-refractivity contribution in [2.24, 2.45) is 5.92 Å². The molecule has 0 aliphatic rings. The monoisotopic (exact) mass is 474 g/mol. The minimum atomic E-state index is -0.783. The molecule has 0 bridgehead atoms. The van der Waals surface area contributed by atoms with Gasteiger partial charge in [-0.1, -0.05) is 55.3 Å². The smallest absolute Gasteiger partial charge is 0.253 e. The Bertz CT molecular complexity index is 1110. The highest BCUT2D eigenvalue weighted by Crippen LogP contribution is 2.30. The summed E-state index contributed by atoms with van der Waals surface area (Å²) < 4.78 is 11.5. The third-order valence-corrected chi connectivity index (χ3v) is 5.59. The lowest BCUT2D eigenvalue weighted by atomic mass is 10.1. The number of carbonyl (C=O) groups excluding carboxylic acids is 2. The van der Waals surface area contributed by atoms with E-state index in [4.69, 9.17) is 9.47 Å². The van der Waals surface area contributed by atoms with Gasteiger partial charge >= 0.3 is 0 Å². The van der Waals surface area contributed by atoms with Crippen LogP contribution in [0.2, 0.25) is 0 Å². The van der Waals surface area contributed by atoms with E-state index >= 15 is 0 Å². The molecule has 0 unspecified atom stereocenters. The second-order valence-corrected chi connectivity index (χ2v) is 9.06. The average molecular weight is 475 g/mol. The lowest BCUT2D eigenvalue weighted by Gasteiger charge is -2.22. The molecule has 0 aliphatic carbocycles. The van der Waals surface area contributed by atoms with Gasteiger partial charge in [0.25, 0.3) is 11.8 Å². The van der Waals surface area contributed by atoms with Crippen LogP contribution in [0.3, 0.4) is 0 Å². The average Bonchev–Trinajstić information content (AvgIpc) is 2.83. The molecular formula is C29H34N2O4. The first-order valence-corrected chi connectivity index (χ1v) is 11.8. The van der Waals surface area contributed by atoms with Crippen LogP contribution in [0.5, 0.6) is 11.5 Å². The van der Waals surface area contributed by atoms with Crippen LogP contribution in [0, 0.1) is 19.8 Å². The van der Waals surface area contributed by atoms with E-state index in [0.29, 0.717) is 40.7 Å². The molecule has 6 heteroatoms. The zero-order valence-corrected chi connectivity index (χ0v) is 21.1. The van der Waals surface area contributed by atoms with Crippen molar-refractivity contribution < 1.29 is 19.1 Å². The molecule has 0 aromatic heterocycles. The van der Waals surface area contributed by atoms with E-state index in [1.807, 2.05) is 56.3 Å². The molecule has 0 fully saturated rings. The van der Waals surface area contributed by atoms with Gasteiger partial charge in [-0.25, -0.2) is 0 Å². The largest absolute Gasteiger partial charge is 0.493 e. The molecule has 3 rings (SSSR count). The Balaban J connectivity index is 1.91. The number of amides is 2. The molecule has 0 saturated heterocycles. The number of hydrogen-bond acceptors (Lipinski definition) is 4. The van der Waals surface area contributed by atoms with E-state index in [1.54, 1.807) is 31.4 Å². The van der Waals surface area contributed by atoms with Crippen LogP contribution < -0.4 is 20.1 Å². The molecule has 0 atom stereocenters. The first-order chi connectivity index (χ1) is 16.8. The Hall–Kier alpha value is -3.80. The zero-order chi connectivity index (χ0) is 25.4. The summed E-state index contributed by atoms with van der Waals surface area (Å²) in [4.78, 5) is 26.2. The highest BCUT2D eigenvalue weighted by molar-refractivity contribution is 5.97. The highest BCUT2D eigenvalue weighted by Gasteiger charge is 2.21. The number of nitrogens with one attached hydrogen (secondary N) is 2. The Kier molecular flexibility index (Phi) is 8.90. The maximum Gasteiger partial charge on any atom is 0.253 e. The van der Waals surface area contributed by atoms with Gasteiger partial charge in [0.05, 0.1) is 13.7 Å². The van der Waals surface area contributed by atoms with Crippen molar-refractivity contribution in [3.05, 3.63) is 94.5 Å². The SMILES string of the molecule is COc1ccc(C(NC(=O)c2cccc(C)c2)NC(=O)c2cccc(C)c2)cc1OCCC(C)C. The highest BCUT2D eigenvalue weighted by atomic mass is 16.5. The summed E-state index contributed by atoms with van der Waals surface area (Å²) in [6.45, 7) is 8.66. The zero-order valence-electron chi connectivity index (χ0n) is 21.1. The van der Waals surface area contributed by atoms with Crippen LogP contribution >= 0.6 is 0 Å². The fourth-order valence-corrected chi connectivity index (χ4v) is 3.59. The predicted octanol–water partition coefficient (Wildman–Crippen LogP) is 5.60. The number of carbonyl (C=O) groups is 2. The first kappa shape index (κ1) is 25.8. The van der Waals surface area contributed by atoms with Gasteiger partial charge < -0.3 is 20.1 Å². The van der Waals surface area contributed by atoms with E-state index in [1.165, 1.54) is 0 Å². The summed E-state index contributed by atoms with van der Waals surface area (Å²) in [5, 5.41) is 5.93. The third-order valence-electron chi connectivity index (χ3n) is 5.59. The van der Waals surface area contributed by atoms with Crippen molar-refractivity contribution >= 4 is 11.8 Å². The van der Waals surface area contributed by atoms with Crippen molar-refractivity contribution in [2.75, 3.05) is 13.7 Å². The van der Waals surface area contributed by atoms with E-state index in [2.05, 4.69) is 24.5 Å². The lowest BCUT2D eigenvalue weighted by Crippen LogP contribution is -2.41. The summed E-state index contributed by atoms with van der Waals surface area (Å²) in [5.41, 5.74) is 3.65. The minimum Gasteiger partial charge on any atom is -0.493 e. The van der Waals surface area contributed by atoms with Crippen molar-refractivity contribution in [3.8, 4) is 11.5 Å². The third kappa shape index (κ3) is 7.34. The lowest BCUT2D eigenvalue weighted by molar-refractivity contribution is 0.0883. The minimum absolute atomic E-state index is 0.290. The topological polar surface area (TPSA) is 76.7 Å². The number of aryl methyl sites for hydroxylation is 2. The van der Waals surface area contributed by atoms with Gasteiger partial charge in [0.15, 0.2) is 11.5 Å². The van der Waals surface area contributed by atoms with Crippen LogP contribution in [-0.2, 0) is 0 Å². The normalized spacial score (nSPS) is 10.8. The van der Waals surface area contributed by atoms with Gasteiger partial charge in [-0.2, -0.15) is 0 Å². The molecule has 184 valence electrons. The molecule has 3 aromatic rings. The number of methoxy groups -OCH3 is 1. The molecule has 0 heterocycles. The quantitative estimate of drug-likeness (QED) is 0.375. The van der Waals surface area contributed by atoms with Crippen LogP contribution in [0.1, 0.15) is 63.8 Å². The molecular weight excluding hydrogens is 440 g/mol. The summed E-state index contributed by atoms with van der Waals surface area (Å²) in [6, 6.07) is 20.0. The molecule has 35 heavy (non-hydrogen) atoms. The molecule has 0 saturated carbocycles. The van der Waals surface area contributed by atoms with Gasteiger partial charge in [-0.15, -0.1) is 0 Å². The molecule has 3 aromatic carbocycles. The maximum absolute atomic E-state index is 13.1. The second-order valence-electron chi connectivity index (χ2n) is 9.06. The van der Waals surface area contributed by atoms with Crippen molar-refractivity contribution in [2.45, 2.75) is 40.3 Å². The second kappa shape index (κ2) is 12.1. The Morgan fingerprint density at radius 2 is 1.37 bits per heavy atom. The van der Waals surface area contributed by atoms with Gasteiger partial charge in [0, 0.05) is 11.1 Å². The molecule has 0 spiro atoms. The Morgan fingerprint density at radius 1 is 0.800 bits per heavy atom. The number of rotatable bonds is 10. The van der Waals surface area contributed by atoms with Gasteiger partial charge in [0.1, 0.15) is 6.17 Å². The first-order valence-electron chi connectivity index (χ1n) is 11.8. The van der Waals surface area contributed by atoms with E-state index in [9.17, 15) is 9.59 Å². The molecule has 0 radical (unpaired) electrons. The standard InChI is InChI=1S/C29H34N2O4/c1-19(2)14-15-35-26-18-22(12-13-25(26)34-5)27(30-28(32)23-10-6-8-20(3)16-23)31-29(33)24-11-7-9-21(4)17-24/h6-13,16-19,27H,14-15H2,1-5H3,(H,30,32)(H,31,33). The fourth-order valence-electron chi connectivity index (χ4n) is 3.59. The molecule has 6 nitrogen and oxygen atoms in total. The van der Waals surface area contributed by atoms with Crippen molar-refractivity contribution in [1.29, 1.82) is 0 Å². The fraction of sp³-hybridized carbons (Fsp3) is 0.310. The van der Waals surface area contributed by atoms with Crippen LogP contribution in [0.25, 0.3) is 0 Å². The summed E-state index contributed by atoms with van der Waals surface area (Å²) in [7, 11) is 1.58. The Morgan fingerprint density at radius 3 is 1.86 bits per heavy atom. The molecule has 0 aliphatic heterocycles. The van der Waals surface area contributed by atoms with Crippen LogP contribution in [-0.4, -0.2) is 25.5 Å². The molecule has 2 amide bonds. The van der Waals surface area contributed by atoms with Crippen LogP contribution in [0.4, 0.5) is 0 Å². The van der Waals surface area contributed by atoms with Crippen LogP contribution in [0.15, 0.2) is 66.7 Å². The number of ether oxygens (including phenoxy) is 2. The van der Waals surface area contributed by atoms with Gasteiger partial charge in [-0.05, 0) is 68.1 Å². The van der Waals surface area contributed by atoms with E-state index < -0.39 is 6.17 Å². The van der Waals surface area contributed by atoms with Crippen molar-refractivity contribution in [1.82, 2.24) is 10.6 Å². The Labute approximate surface area is 207 Å². The summed E-state index contributed by atoms with van der Waals surface area (Å²) >= 11 is 0. The van der Waals surface area contributed by atoms with Crippen molar-refractivity contribution in [3.63, 3.8) is 0 Å². The van der Waals surface area contributed by atoms with E-state index in [0.717, 1.165) is 17.5 Å². The van der Waals surface area contributed by atoms with E-state index in [-0.39, 0.29) is 11.8 Å². The molecule has 2 N–H and O–H groups in total. The summed E-state index contributed by atoms with van der Waals surface area (Å²) in [6.07, 6.45) is 0.111. The van der Waals surface area contributed by atoms with Gasteiger partial charge in [0.2, 0.25) is 0 Å². The van der Waals surface area contributed by atoms with Gasteiger partial charge in [-0.3, -0.25) is 9.59 Å². The number of benzene rings is 3. The predicted molar refractivity (Wildman–Crippen MR) is 138 cm³/mol. The number of hydrogen-bond donors (Lipinski definition) is 2.